The molecule has 0 aliphatic heterocycles. The third-order valence-electron chi connectivity index (χ3n) is 3.54. The number of fused-ring (bicyclic) bond motifs is 1. The lowest BCUT2D eigenvalue weighted by molar-refractivity contribution is 0.981. The summed E-state index contributed by atoms with van der Waals surface area (Å²) >= 11 is 18.7. The molecule has 2 nitrogen and oxygen atoms in total. The van der Waals surface area contributed by atoms with Gasteiger partial charge in [0, 0.05) is 5.02 Å². The number of nitrogens with zero attached hydrogens (tertiary/aromatic N) is 2. The van der Waals surface area contributed by atoms with Crippen LogP contribution in [0.3, 0.4) is 0 Å². The minimum Gasteiger partial charge on any atom is -0.294 e. The molecular formula is C16H13Cl3N2. The van der Waals surface area contributed by atoms with E-state index in [0.717, 1.165) is 33.7 Å². The molecule has 21 heavy (non-hydrogen) atoms. The van der Waals surface area contributed by atoms with E-state index in [4.69, 9.17) is 34.8 Å². The minimum atomic E-state index is 0.302. The highest BCUT2D eigenvalue weighted by molar-refractivity contribution is 6.35. The van der Waals surface area contributed by atoms with Gasteiger partial charge in [0.2, 0.25) is 0 Å². The summed E-state index contributed by atoms with van der Waals surface area (Å²) in [5.74, 6) is 1.05. The Bertz CT molecular complexity index is 837. The zero-order valence-corrected chi connectivity index (χ0v) is 13.9. The summed E-state index contributed by atoms with van der Waals surface area (Å²) in [7, 11) is 0. The topological polar surface area (TPSA) is 17.8 Å². The number of aryl methyl sites for hydroxylation is 2. The van der Waals surface area contributed by atoms with E-state index >= 15 is 0 Å². The van der Waals surface area contributed by atoms with Crippen molar-refractivity contribution in [3.05, 3.63) is 57.3 Å². The number of imidazole rings is 1. The van der Waals surface area contributed by atoms with Crippen LogP contribution in [0.15, 0.2) is 30.3 Å². The van der Waals surface area contributed by atoms with E-state index in [-0.39, 0.29) is 0 Å². The first kappa shape index (κ1) is 14.7. The molecule has 5 heteroatoms. The van der Waals surface area contributed by atoms with Crippen LogP contribution in [0.5, 0.6) is 0 Å². The fourth-order valence-electron chi connectivity index (χ4n) is 2.45. The first-order valence-electron chi connectivity index (χ1n) is 6.52. The first-order chi connectivity index (χ1) is 10.0. The summed E-state index contributed by atoms with van der Waals surface area (Å²) in [6.07, 6.45) is 0. The van der Waals surface area contributed by atoms with Gasteiger partial charge in [0.15, 0.2) is 0 Å². The Hall–Kier alpha value is -1.22. The maximum Gasteiger partial charge on any atom is 0.129 e. The summed E-state index contributed by atoms with van der Waals surface area (Å²) in [6, 6.07) is 9.76. The molecule has 3 aromatic rings. The second-order valence-corrected chi connectivity index (χ2v) is 6.07. The van der Waals surface area contributed by atoms with Crippen LogP contribution in [0.25, 0.3) is 16.7 Å². The van der Waals surface area contributed by atoms with Crippen LogP contribution in [0.2, 0.25) is 10.0 Å². The number of hydrogen-bond donors (Lipinski definition) is 0. The molecule has 1 heterocycles. The first-order valence-corrected chi connectivity index (χ1v) is 7.81. The largest absolute Gasteiger partial charge is 0.294 e. The molecular weight excluding hydrogens is 327 g/mol. The van der Waals surface area contributed by atoms with Crippen molar-refractivity contribution in [2.45, 2.75) is 19.7 Å². The van der Waals surface area contributed by atoms with Gasteiger partial charge < -0.3 is 0 Å². The van der Waals surface area contributed by atoms with Crippen molar-refractivity contribution in [1.29, 1.82) is 0 Å². The molecule has 108 valence electrons. The van der Waals surface area contributed by atoms with Crippen LogP contribution in [0, 0.1) is 13.8 Å². The normalized spacial score (nSPS) is 11.3. The molecule has 0 aliphatic rings. The van der Waals surface area contributed by atoms with E-state index in [2.05, 4.69) is 4.98 Å². The Balaban J connectivity index is 2.39. The average molecular weight is 340 g/mol. The SMILES string of the molecule is Cc1cc(Cl)c(-n2c(CCl)nc3c(C)cccc32)cc1Cl. The van der Waals surface area contributed by atoms with Gasteiger partial charge in [-0.3, -0.25) is 4.57 Å². The van der Waals surface area contributed by atoms with E-state index in [1.54, 1.807) is 0 Å². The van der Waals surface area contributed by atoms with Crippen molar-refractivity contribution in [2.75, 3.05) is 0 Å². The molecule has 0 aliphatic carbocycles. The van der Waals surface area contributed by atoms with Crippen molar-refractivity contribution < 1.29 is 0 Å². The van der Waals surface area contributed by atoms with Gasteiger partial charge >= 0.3 is 0 Å². The second-order valence-electron chi connectivity index (χ2n) is 4.99. The van der Waals surface area contributed by atoms with Crippen LogP contribution in [0.1, 0.15) is 17.0 Å². The minimum absolute atomic E-state index is 0.302. The highest BCUT2D eigenvalue weighted by atomic mass is 35.5. The van der Waals surface area contributed by atoms with Crippen molar-refractivity contribution in [1.82, 2.24) is 9.55 Å². The maximum atomic E-state index is 6.41. The molecule has 0 bridgehead atoms. The fraction of sp³-hybridized carbons (Fsp3) is 0.188. The van der Waals surface area contributed by atoms with Gasteiger partial charge in [0.05, 0.1) is 27.6 Å². The van der Waals surface area contributed by atoms with Crippen LogP contribution in [0.4, 0.5) is 0 Å². The van der Waals surface area contributed by atoms with Crippen molar-refractivity contribution >= 4 is 45.8 Å². The lowest BCUT2D eigenvalue weighted by Crippen LogP contribution is -2.00. The zero-order valence-electron chi connectivity index (χ0n) is 11.6. The van der Waals surface area contributed by atoms with Crippen molar-refractivity contribution in [3.63, 3.8) is 0 Å². The van der Waals surface area contributed by atoms with Gasteiger partial charge in [-0.25, -0.2) is 4.98 Å². The Morgan fingerprint density at radius 1 is 1.05 bits per heavy atom. The van der Waals surface area contributed by atoms with Gasteiger partial charge in [0.25, 0.3) is 0 Å². The number of rotatable bonds is 2. The molecule has 0 spiro atoms. The number of aromatic nitrogens is 2. The van der Waals surface area contributed by atoms with E-state index in [1.807, 2.05) is 48.7 Å². The van der Waals surface area contributed by atoms with E-state index in [1.165, 1.54) is 0 Å². The van der Waals surface area contributed by atoms with Crippen LogP contribution >= 0.6 is 34.8 Å². The molecule has 0 N–H and O–H groups in total. The highest BCUT2D eigenvalue weighted by Crippen LogP contribution is 2.32. The van der Waals surface area contributed by atoms with E-state index in [9.17, 15) is 0 Å². The number of para-hydroxylation sites is 1. The lowest BCUT2D eigenvalue weighted by Gasteiger charge is -2.12. The lowest BCUT2D eigenvalue weighted by atomic mass is 10.2. The third kappa shape index (κ3) is 2.42. The summed E-state index contributed by atoms with van der Waals surface area (Å²) in [5, 5.41) is 1.30. The highest BCUT2D eigenvalue weighted by Gasteiger charge is 2.16. The summed E-state index contributed by atoms with van der Waals surface area (Å²) < 4.78 is 1.98. The Labute approximate surface area is 138 Å². The quantitative estimate of drug-likeness (QED) is 0.549. The number of halogens is 3. The van der Waals surface area contributed by atoms with E-state index in [0.29, 0.717) is 15.9 Å². The predicted octanol–water partition coefficient (Wildman–Crippen LogP) is 5.69. The van der Waals surface area contributed by atoms with Crippen molar-refractivity contribution in [3.8, 4) is 5.69 Å². The Morgan fingerprint density at radius 2 is 1.81 bits per heavy atom. The van der Waals surface area contributed by atoms with Gasteiger partial charge in [-0.1, -0.05) is 35.3 Å². The van der Waals surface area contributed by atoms with Gasteiger partial charge in [0.1, 0.15) is 5.82 Å². The van der Waals surface area contributed by atoms with Gasteiger partial charge in [-0.2, -0.15) is 0 Å². The van der Waals surface area contributed by atoms with Gasteiger partial charge in [-0.05, 0) is 43.2 Å². The Kier molecular flexibility index (Phi) is 3.87. The summed E-state index contributed by atoms with van der Waals surface area (Å²) in [4.78, 5) is 4.63. The summed E-state index contributed by atoms with van der Waals surface area (Å²) in [6.45, 7) is 3.96. The fourth-order valence-corrected chi connectivity index (χ4v) is 3.09. The number of alkyl halides is 1. The second kappa shape index (κ2) is 5.53. The Morgan fingerprint density at radius 3 is 2.52 bits per heavy atom. The molecule has 0 saturated carbocycles. The molecule has 1 aromatic heterocycles. The number of hydrogen-bond acceptors (Lipinski definition) is 1. The van der Waals surface area contributed by atoms with Crippen LogP contribution in [-0.2, 0) is 5.88 Å². The third-order valence-corrected chi connectivity index (χ3v) is 4.49. The molecule has 0 amide bonds. The molecule has 0 atom stereocenters. The summed E-state index contributed by atoms with van der Waals surface area (Å²) in [5.41, 5.74) is 4.76. The van der Waals surface area contributed by atoms with Crippen LogP contribution < -0.4 is 0 Å². The molecule has 3 rings (SSSR count). The number of benzene rings is 2. The maximum absolute atomic E-state index is 6.41. The predicted molar refractivity (Wildman–Crippen MR) is 90.1 cm³/mol. The molecule has 2 aromatic carbocycles. The molecule has 0 unspecified atom stereocenters. The van der Waals surface area contributed by atoms with E-state index < -0.39 is 0 Å². The smallest absolute Gasteiger partial charge is 0.129 e. The zero-order chi connectivity index (χ0) is 15.1. The molecule has 0 radical (unpaired) electrons. The monoisotopic (exact) mass is 338 g/mol. The average Bonchev–Trinajstić information content (AvgIpc) is 2.83. The van der Waals surface area contributed by atoms with Crippen molar-refractivity contribution in [2.24, 2.45) is 0 Å². The standard InChI is InChI=1S/C16H13Cl3N2/c1-9-4-3-5-13-16(9)20-15(8-17)21(13)14-7-11(18)10(2)6-12(14)19/h3-7H,8H2,1-2H3. The molecule has 0 saturated heterocycles. The molecule has 0 fully saturated rings. The van der Waals surface area contributed by atoms with Gasteiger partial charge in [-0.15, -0.1) is 11.6 Å². The van der Waals surface area contributed by atoms with Crippen LogP contribution in [-0.4, -0.2) is 9.55 Å².